The van der Waals surface area contributed by atoms with Gasteiger partial charge in [-0.25, -0.2) is 9.97 Å². The third-order valence-electron chi connectivity index (χ3n) is 6.06. The summed E-state index contributed by atoms with van der Waals surface area (Å²) in [6, 6.07) is 7.14. The van der Waals surface area contributed by atoms with Crippen LogP contribution in [0.4, 0.5) is 24.1 Å². The van der Waals surface area contributed by atoms with Gasteiger partial charge in [-0.15, -0.1) is 15.6 Å². The van der Waals surface area contributed by atoms with Crippen molar-refractivity contribution in [1.82, 2.24) is 15.0 Å². The van der Waals surface area contributed by atoms with Crippen molar-refractivity contribution >= 4 is 66.8 Å². The summed E-state index contributed by atoms with van der Waals surface area (Å²) in [6.45, 7) is 3.06. The second kappa shape index (κ2) is 13.6. The highest BCUT2D eigenvalue weighted by molar-refractivity contribution is 7.80. The smallest absolute Gasteiger partial charge is 0.430 e. The number of nitrogen functional groups attached to an aromatic ring is 2. The number of hydroxylamine groups is 2. The second-order valence-electron chi connectivity index (χ2n) is 9.53. The molecular weight excluding hydrogens is 653 g/mol. The van der Waals surface area contributed by atoms with Gasteiger partial charge in [0, 0.05) is 23.4 Å². The summed E-state index contributed by atoms with van der Waals surface area (Å²) in [5.74, 6) is -4.35. The van der Waals surface area contributed by atoms with Gasteiger partial charge in [-0.3, -0.25) is 14.1 Å². The van der Waals surface area contributed by atoms with E-state index in [0.29, 0.717) is 16.6 Å². The zero-order valence-electron chi connectivity index (χ0n) is 23.2. The van der Waals surface area contributed by atoms with Crippen molar-refractivity contribution in [3.05, 3.63) is 41.5 Å². The number of halogens is 3. The number of aromatic nitrogens is 2. The van der Waals surface area contributed by atoms with Gasteiger partial charge in [-0.05, 0) is 43.5 Å². The van der Waals surface area contributed by atoms with Gasteiger partial charge in [-0.1, -0.05) is 5.16 Å². The lowest BCUT2D eigenvalue weighted by atomic mass is 9.74. The number of rotatable bonds is 11. The van der Waals surface area contributed by atoms with E-state index in [4.69, 9.17) is 35.5 Å². The Labute approximate surface area is 256 Å². The maximum atomic E-state index is 13.1. The summed E-state index contributed by atoms with van der Waals surface area (Å²) in [5.41, 5.74) is 10.3. The highest BCUT2D eigenvalue weighted by atomic mass is 32.3. The molecule has 1 atom stereocenters. The quantitative estimate of drug-likeness (QED) is 0.0838. The molecule has 3 aromatic rings. The lowest BCUT2D eigenvalue weighted by Gasteiger charge is -2.50. The molecule has 1 aliphatic heterocycles. The van der Waals surface area contributed by atoms with Gasteiger partial charge in [0.1, 0.15) is 29.8 Å². The number of ether oxygens (including phenoxy) is 1. The van der Waals surface area contributed by atoms with Crippen LogP contribution in [0.3, 0.4) is 0 Å². The highest BCUT2D eigenvalue weighted by Gasteiger charge is 2.57. The van der Waals surface area contributed by atoms with Crippen molar-refractivity contribution in [2.45, 2.75) is 32.0 Å². The van der Waals surface area contributed by atoms with Gasteiger partial charge in [0.15, 0.2) is 23.2 Å². The van der Waals surface area contributed by atoms with E-state index in [1.54, 1.807) is 30.5 Å². The van der Waals surface area contributed by atoms with Crippen molar-refractivity contribution in [2.24, 2.45) is 11.1 Å². The number of nitrogens with zero attached hydrogens (tertiary/aromatic N) is 4. The van der Waals surface area contributed by atoms with Crippen molar-refractivity contribution in [3.8, 4) is 5.75 Å². The Morgan fingerprint density at radius 3 is 2.44 bits per heavy atom. The first-order chi connectivity index (χ1) is 20.8. The largest absolute Gasteiger partial charge is 0.542 e. The molecule has 4 rings (SSSR count). The Kier molecular flexibility index (Phi) is 10.5. The van der Waals surface area contributed by atoms with E-state index in [1.807, 2.05) is 0 Å². The Bertz CT molecular complexity index is 1730. The summed E-state index contributed by atoms with van der Waals surface area (Å²) in [5, 5.41) is 16.6. The van der Waals surface area contributed by atoms with Crippen molar-refractivity contribution in [2.75, 3.05) is 24.7 Å². The van der Waals surface area contributed by atoms with Crippen LogP contribution in [0.25, 0.3) is 10.8 Å². The minimum absolute atomic E-state index is 0.0171. The maximum absolute atomic E-state index is 13.1. The molecule has 45 heavy (non-hydrogen) atoms. The van der Waals surface area contributed by atoms with Crippen LogP contribution in [0.2, 0.25) is 0 Å². The molecular formula is C24H24F3N6O10S2-. The molecule has 3 heterocycles. The number of β-lactam (4-membered cyclic amide) rings is 1. The van der Waals surface area contributed by atoms with Crippen LogP contribution in [0.15, 0.2) is 41.0 Å². The zero-order valence-corrected chi connectivity index (χ0v) is 24.8. The first-order valence-electron chi connectivity index (χ1n) is 12.3. The molecule has 1 fully saturated rings. The van der Waals surface area contributed by atoms with Crippen LogP contribution in [0, 0.1) is 5.92 Å². The first kappa shape index (κ1) is 34.9. The second-order valence-corrected chi connectivity index (χ2v) is 11.4. The fourth-order valence-electron chi connectivity index (χ4n) is 3.86. The molecule has 0 unspecified atom stereocenters. The number of pyridine rings is 1. The Hall–Kier alpha value is -4.60. The van der Waals surface area contributed by atoms with E-state index in [0.717, 1.165) is 22.1 Å². The fraction of sp³-hybridized carbons (Fsp3) is 0.333. The van der Waals surface area contributed by atoms with Gasteiger partial charge in [0.25, 0.3) is 5.91 Å². The number of hydrogen-bond acceptors (Lipinski definition) is 15. The van der Waals surface area contributed by atoms with Crippen LogP contribution in [0.5, 0.6) is 5.75 Å². The van der Waals surface area contributed by atoms with E-state index < -0.39 is 45.7 Å². The van der Waals surface area contributed by atoms with Gasteiger partial charge in [-0.2, -0.15) is 26.7 Å². The number of hydrogen-bond donors (Lipinski definition) is 3. The molecule has 1 amide bonds. The highest BCUT2D eigenvalue weighted by Crippen LogP contribution is 2.40. The number of alkyl halides is 3. The van der Waals surface area contributed by atoms with Crippen LogP contribution < -0.4 is 21.3 Å². The minimum Gasteiger partial charge on any atom is -0.542 e. The topological polar surface area (TPSA) is 250 Å². The molecule has 244 valence electrons. The van der Waals surface area contributed by atoms with Crippen LogP contribution in [0.1, 0.15) is 26.0 Å². The number of thiazole rings is 1. The summed E-state index contributed by atoms with van der Waals surface area (Å²) in [7, 11) is -4.91. The van der Waals surface area contributed by atoms with E-state index in [-0.39, 0.29) is 36.2 Å². The number of carboxylic acids is 1. The van der Waals surface area contributed by atoms with Gasteiger partial charge in [0.2, 0.25) is 0 Å². The molecule has 0 aliphatic carbocycles. The number of aliphatic carboxylic acids is 1. The number of carbonyl (C=O) groups is 3. The maximum Gasteiger partial charge on any atom is 0.430 e. The van der Waals surface area contributed by atoms with Gasteiger partial charge >= 0.3 is 16.6 Å². The number of nitrogens with two attached hydrogens (primary N) is 2. The summed E-state index contributed by atoms with van der Waals surface area (Å²) in [4.78, 5) is 47.7. The molecule has 1 saturated heterocycles. The first-order valence-corrected chi connectivity index (χ1v) is 14.6. The predicted molar refractivity (Wildman–Crippen MR) is 148 cm³/mol. The zero-order chi connectivity index (χ0) is 33.7. The molecule has 1 aromatic carbocycles. The molecule has 2 aromatic heterocycles. The lowest BCUT2D eigenvalue weighted by Crippen LogP contribution is -2.68. The van der Waals surface area contributed by atoms with E-state index in [1.165, 1.54) is 19.2 Å². The molecule has 0 radical (unpaired) electrons. The number of fused-ring (bicyclic) bond motifs is 1. The number of Topliss-reactive ketones (excluding diaryl/α,β-unsaturated/α-hetero) is 1. The van der Waals surface area contributed by atoms with E-state index in [2.05, 4.69) is 19.4 Å². The molecule has 0 bridgehead atoms. The fourth-order valence-corrected chi connectivity index (χ4v) is 4.86. The molecule has 1 aliphatic rings. The van der Waals surface area contributed by atoms with Crippen molar-refractivity contribution in [1.29, 1.82) is 0 Å². The Morgan fingerprint density at radius 2 is 1.89 bits per heavy atom. The number of carboxylic acid groups (broad SMARTS) is 1. The number of benzene rings is 1. The average molecular weight is 678 g/mol. The van der Waals surface area contributed by atoms with Crippen LogP contribution in [-0.2, 0) is 33.9 Å². The Morgan fingerprint density at radius 1 is 1.22 bits per heavy atom. The number of carbonyl (C=O) groups excluding carboxylic acids is 3. The summed E-state index contributed by atoms with van der Waals surface area (Å²) < 4.78 is 72.5. The van der Waals surface area contributed by atoms with Gasteiger partial charge in [0.05, 0.1) is 11.5 Å². The number of anilines is 2. The standard InChI is InChI=1S/C22H24N6O8S2.C2HF3O2/c1-22(2)15(20(30)28(22)36-38(31,32)33)10-17(29)18(16-11-37-21(24)26-16)27-35-8-7-34-13-3-4-14-12(9-13)5-6-25-19(14)23;3-2(4,5)1(6)7/h3-6,9,11,15H,7-8,10H2,1-2H3,(H2,23,25)(H2,24,26)(H,31,32,33);(H,6,7)/p-1/b27-18-;/t15-;/m1./s1. The van der Waals surface area contributed by atoms with Crippen LogP contribution in [-0.4, -0.2) is 76.3 Å². The Balaban J connectivity index is 0.000000707. The van der Waals surface area contributed by atoms with E-state index >= 15 is 0 Å². The number of ketones is 1. The minimum atomic E-state index is -5.19. The van der Waals surface area contributed by atoms with Crippen molar-refractivity contribution in [3.63, 3.8) is 0 Å². The molecule has 5 N–H and O–H groups in total. The summed E-state index contributed by atoms with van der Waals surface area (Å²) in [6.07, 6.45) is -3.94. The summed E-state index contributed by atoms with van der Waals surface area (Å²) >= 11 is 1.09. The monoisotopic (exact) mass is 677 g/mol. The van der Waals surface area contributed by atoms with Gasteiger partial charge < -0.3 is 30.9 Å². The number of amides is 1. The molecule has 16 nitrogen and oxygen atoms in total. The van der Waals surface area contributed by atoms with Crippen molar-refractivity contribution < 1.29 is 59.5 Å². The molecule has 21 heteroatoms. The van der Waals surface area contributed by atoms with Crippen LogP contribution >= 0.6 is 11.3 Å². The average Bonchev–Trinajstić information content (AvgIpc) is 3.37. The number of oxime groups is 1. The SMILES string of the molecule is CC1(C)[C@H](CC(=O)/C(=N\OCCOc2ccc3c(N)nccc3c2)c2csc(N)n2)C(=O)N1OS(=O)(=O)O.O=C([O-])C(F)(F)F. The molecule has 0 saturated carbocycles. The molecule has 0 spiro atoms. The normalized spacial score (nSPS) is 16.4. The third-order valence-corrected chi connectivity index (χ3v) is 7.07. The third kappa shape index (κ3) is 8.97. The lowest BCUT2D eigenvalue weighted by molar-refractivity contribution is -0.344. The predicted octanol–water partition coefficient (Wildman–Crippen LogP) is 0.885. The van der Waals surface area contributed by atoms with E-state index in [9.17, 15) is 31.2 Å².